The molecule has 4 fully saturated rings. The molecule has 0 aromatic rings. The lowest BCUT2D eigenvalue weighted by Gasteiger charge is -2.42. The van der Waals surface area contributed by atoms with Crippen LogP contribution in [0.25, 0.3) is 0 Å². The van der Waals surface area contributed by atoms with Gasteiger partial charge in [-0.3, -0.25) is 4.18 Å². The third kappa shape index (κ3) is 7.02. The zero-order chi connectivity index (χ0) is 29.9. The van der Waals surface area contributed by atoms with Gasteiger partial charge >= 0.3 is 0 Å². The van der Waals surface area contributed by atoms with E-state index in [1.165, 1.54) is 32.1 Å². The van der Waals surface area contributed by atoms with Crippen LogP contribution < -0.4 is 0 Å². The summed E-state index contributed by atoms with van der Waals surface area (Å²) in [6.45, 7) is 23.5. The number of rotatable bonds is 10. The van der Waals surface area contributed by atoms with Crippen LogP contribution in [0.4, 0.5) is 0 Å². The van der Waals surface area contributed by atoms with E-state index in [-0.39, 0.29) is 40.9 Å². The molecule has 6 nitrogen and oxygen atoms in total. The van der Waals surface area contributed by atoms with Gasteiger partial charge in [0.15, 0.2) is 16.6 Å². The Kier molecular flexibility index (Phi) is 9.16. The van der Waals surface area contributed by atoms with Crippen molar-refractivity contribution in [2.75, 3.05) is 12.9 Å². The zero-order valence-electron chi connectivity index (χ0n) is 27.2. The van der Waals surface area contributed by atoms with Crippen molar-refractivity contribution in [2.45, 2.75) is 147 Å². The molecule has 0 aromatic carbocycles. The van der Waals surface area contributed by atoms with E-state index in [1.807, 2.05) is 0 Å². The van der Waals surface area contributed by atoms with Gasteiger partial charge in [-0.25, -0.2) is 0 Å². The Bertz CT molecular complexity index is 1040. The Balaban J connectivity index is 1.60. The van der Waals surface area contributed by atoms with Crippen LogP contribution in [0.2, 0.25) is 36.3 Å². The van der Waals surface area contributed by atoms with Crippen LogP contribution in [-0.4, -0.2) is 61.8 Å². The Morgan fingerprint density at radius 1 is 0.950 bits per heavy atom. The Morgan fingerprint density at radius 3 is 2.10 bits per heavy atom. The van der Waals surface area contributed by atoms with E-state index in [1.54, 1.807) is 0 Å². The van der Waals surface area contributed by atoms with Crippen LogP contribution in [0.3, 0.4) is 0 Å². The summed E-state index contributed by atoms with van der Waals surface area (Å²) in [5.74, 6) is 1.64. The Hall–Kier alpha value is -0.0362. The van der Waals surface area contributed by atoms with Crippen molar-refractivity contribution in [3.8, 4) is 0 Å². The van der Waals surface area contributed by atoms with E-state index >= 15 is 0 Å². The normalized spacial score (nSPS) is 34.7. The van der Waals surface area contributed by atoms with Crippen molar-refractivity contribution in [3.05, 3.63) is 12.2 Å². The SMILES string of the molecule is CC(C)(C)[Si](C)(C)O[C@H](/C=C/[C@H]1[C@H]2CC3(COS(C)(=O)=O)OC3[C@H]2C[C@H]1O[Si](C)(C)C(C)(C)C)C1CCCCC1. The number of ether oxygens (including phenoxy) is 1. The molecule has 1 saturated heterocycles. The van der Waals surface area contributed by atoms with Crippen LogP contribution in [0.1, 0.15) is 86.5 Å². The van der Waals surface area contributed by atoms with Crippen molar-refractivity contribution < 1.29 is 26.2 Å². The predicted octanol–water partition coefficient (Wildman–Crippen LogP) is 7.67. The summed E-state index contributed by atoms with van der Waals surface area (Å²) in [4.78, 5) is 0. The molecular weight excluding hydrogens is 557 g/mol. The van der Waals surface area contributed by atoms with E-state index in [2.05, 4.69) is 79.9 Å². The number of fused-ring (bicyclic) bond motifs is 3. The van der Waals surface area contributed by atoms with Crippen molar-refractivity contribution in [1.82, 2.24) is 0 Å². The van der Waals surface area contributed by atoms with E-state index < -0.39 is 32.4 Å². The molecule has 0 radical (unpaired) electrons. The fourth-order valence-electron chi connectivity index (χ4n) is 6.90. The smallest absolute Gasteiger partial charge is 0.264 e. The van der Waals surface area contributed by atoms with Crippen LogP contribution in [0.15, 0.2) is 12.2 Å². The molecule has 1 aliphatic heterocycles. The first-order valence-electron chi connectivity index (χ1n) is 15.7. The summed E-state index contributed by atoms with van der Waals surface area (Å²) in [5.41, 5.74) is -0.452. The maximum atomic E-state index is 11.8. The van der Waals surface area contributed by atoms with Gasteiger partial charge in [0.05, 0.1) is 31.2 Å². The molecule has 0 amide bonds. The Morgan fingerprint density at radius 2 is 1.55 bits per heavy atom. The average molecular weight is 615 g/mol. The molecule has 0 N–H and O–H groups in total. The maximum Gasteiger partial charge on any atom is 0.264 e. The molecule has 4 rings (SSSR count). The molecule has 0 aromatic heterocycles. The molecule has 2 unspecified atom stereocenters. The highest BCUT2D eigenvalue weighted by molar-refractivity contribution is 7.85. The summed E-state index contributed by atoms with van der Waals surface area (Å²) in [5, 5.41) is 0.300. The number of hydrogen-bond donors (Lipinski definition) is 0. The maximum absolute atomic E-state index is 11.8. The topological polar surface area (TPSA) is 74.4 Å². The first kappa shape index (κ1) is 32.9. The van der Waals surface area contributed by atoms with Gasteiger partial charge in [-0.2, -0.15) is 8.42 Å². The standard InChI is InChI=1S/C31H58O6SSi2/c1-29(2,3)39(8,9)36-26(22-15-13-12-14-16-22)18-17-23-25-20-31(21-34-38(7,32)33)28(35-31)24(25)19-27(23)37-40(10,11)30(4,5)6/h17-18,22-28H,12-16,19-21H2,1-11H3/b18-17+/t23-,24-,25+,26+,27+,28?,31?/m0/s1. The molecule has 9 heteroatoms. The highest BCUT2D eigenvalue weighted by Crippen LogP contribution is 2.64. The summed E-state index contributed by atoms with van der Waals surface area (Å²) < 4.78 is 49.2. The first-order chi connectivity index (χ1) is 18.2. The molecule has 1 heterocycles. The molecule has 7 atom stereocenters. The van der Waals surface area contributed by atoms with Crippen LogP contribution in [0, 0.1) is 23.7 Å². The molecule has 3 aliphatic carbocycles. The average Bonchev–Trinajstić information content (AvgIpc) is 3.30. The van der Waals surface area contributed by atoms with Crippen molar-refractivity contribution in [1.29, 1.82) is 0 Å². The van der Waals surface area contributed by atoms with Gasteiger partial charge in [-0.1, -0.05) is 73.0 Å². The van der Waals surface area contributed by atoms with Gasteiger partial charge in [-0.15, -0.1) is 0 Å². The second kappa shape index (κ2) is 11.2. The largest absolute Gasteiger partial charge is 0.413 e. The summed E-state index contributed by atoms with van der Waals surface area (Å²) in [6.07, 6.45) is 14.6. The van der Waals surface area contributed by atoms with Gasteiger partial charge in [0, 0.05) is 5.92 Å². The van der Waals surface area contributed by atoms with Crippen LogP contribution in [-0.2, 0) is 27.9 Å². The summed E-state index contributed by atoms with van der Waals surface area (Å²) in [7, 11) is -7.43. The summed E-state index contributed by atoms with van der Waals surface area (Å²) in [6, 6.07) is 0. The van der Waals surface area contributed by atoms with Crippen molar-refractivity contribution in [3.63, 3.8) is 0 Å². The molecule has 3 saturated carbocycles. The van der Waals surface area contributed by atoms with Crippen LogP contribution >= 0.6 is 0 Å². The third-order valence-electron chi connectivity index (χ3n) is 11.4. The lowest BCUT2D eigenvalue weighted by molar-refractivity contribution is 0.115. The lowest BCUT2D eigenvalue weighted by atomic mass is 9.84. The second-order valence-electron chi connectivity index (χ2n) is 16.5. The number of hydrogen-bond acceptors (Lipinski definition) is 6. The quantitative estimate of drug-likeness (QED) is 0.109. The van der Waals surface area contributed by atoms with Gasteiger partial charge < -0.3 is 13.6 Å². The van der Waals surface area contributed by atoms with Gasteiger partial charge in [0.2, 0.25) is 0 Å². The van der Waals surface area contributed by atoms with Gasteiger partial charge in [0.25, 0.3) is 10.1 Å². The first-order valence-corrected chi connectivity index (χ1v) is 23.4. The zero-order valence-corrected chi connectivity index (χ0v) is 30.0. The molecule has 232 valence electrons. The minimum absolute atomic E-state index is 0.0702. The van der Waals surface area contributed by atoms with E-state index in [0.717, 1.165) is 19.1 Å². The molecule has 0 spiro atoms. The second-order valence-corrected chi connectivity index (χ2v) is 27.6. The monoisotopic (exact) mass is 614 g/mol. The highest BCUT2D eigenvalue weighted by Gasteiger charge is 2.71. The van der Waals surface area contributed by atoms with Gasteiger partial charge in [0.1, 0.15) is 5.60 Å². The minimum atomic E-state index is -3.50. The highest BCUT2D eigenvalue weighted by atomic mass is 32.2. The fourth-order valence-corrected chi connectivity index (χ4v) is 9.98. The van der Waals surface area contributed by atoms with Crippen molar-refractivity contribution in [2.24, 2.45) is 23.7 Å². The van der Waals surface area contributed by atoms with E-state index in [9.17, 15) is 8.42 Å². The summed E-state index contributed by atoms with van der Waals surface area (Å²) >= 11 is 0. The van der Waals surface area contributed by atoms with E-state index in [0.29, 0.717) is 17.8 Å². The predicted molar refractivity (Wildman–Crippen MR) is 168 cm³/mol. The van der Waals surface area contributed by atoms with Crippen molar-refractivity contribution >= 4 is 26.8 Å². The molecular formula is C31H58O6SSi2. The third-order valence-corrected chi connectivity index (χ3v) is 20.9. The van der Waals surface area contributed by atoms with Gasteiger partial charge in [-0.05, 0) is 79.7 Å². The molecule has 4 aliphatic rings. The minimum Gasteiger partial charge on any atom is -0.413 e. The molecule has 0 bridgehead atoms. The molecule has 40 heavy (non-hydrogen) atoms. The Labute approximate surface area is 247 Å². The number of epoxide rings is 1. The van der Waals surface area contributed by atoms with E-state index in [4.69, 9.17) is 17.8 Å². The van der Waals surface area contributed by atoms with Crippen LogP contribution in [0.5, 0.6) is 0 Å². The lowest BCUT2D eigenvalue weighted by Crippen LogP contribution is -2.46. The fraction of sp³-hybridized carbons (Fsp3) is 0.935.